The molecule has 2 heterocycles. The van der Waals surface area contributed by atoms with Crippen molar-refractivity contribution < 1.29 is 18.7 Å². The fraction of sp³-hybridized carbons (Fsp3) is 0.211. The lowest BCUT2D eigenvalue weighted by Crippen LogP contribution is -2.24. The Labute approximate surface area is 173 Å². The first-order valence-corrected chi connectivity index (χ1v) is 9.25. The van der Waals surface area contributed by atoms with Gasteiger partial charge in [0.25, 0.3) is 6.43 Å². The van der Waals surface area contributed by atoms with Gasteiger partial charge in [-0.15, -0.1) is 0 Å². The van der Waals surface area contributed by atoms with Crippen LogP contribution in [0.5, 0.6) is 0 Å². The van der Waals surface area contributed by atoms with E-state index in [0.717, 1.165) is 0 Å². The molecule has 3 aromatic rings. The molecule has 0 aliphatic heterocycles. The fourth-order valence-corrected chi connectivity index (χ4v) is 3.39. The molecule has 10 heteroatoms. The molecule has 2 aromatic heterocycles. The largest absolute Gasteiger partial charge is 0.477 e. The van der Waals surface area contributed by atoms with Gasteiger partial charge in [0.05, 0.1) is 22.3 Å². The van der Waals surface area contributed by atoms with Crippen molar-refractivity contribution in [3.05, 3.63) is 73.7 Å². The Kier molecular flexibility index (Phi) is 6.04. The average Bonchev–Trinajstić information content (AvgIpc) is 3.12. The Morgan fingerprint density at radius 1 is 1.21 bits per heavy atom. The fourth-order valence-electron chi connectivity index (χ4n) is 3.09. The maximum absolute atomic E-state index is 12.8. The highest BCUT2D eigenvalue weighted by Gasteiger charge is 2.22. The van der Waals surface area contributed by atoms with E-state index in [2.05, 4.69) is 5.10 Å². The SMILES string of the molecule is CCn1c(Cn2ccc(C(F)F)n2)cc(=O)c(C(=O)O)c1-c1ccc(Cl)c(Cl)c1. The van der Waals surface area contributed by atoms with E-state index in [1.807, 2.05) is 0 Å². The van der Waals surface area contributed by atoms with Gasteiger partial charge in [-0.2, -0.15) is 5.10 Å². The van der Waals surface area contributed by atoms with Gasteiger partial charge < -0.3 is 9.67 Å². The number of carboxylic acids is 1. The highest BCUT2D eigenvalue weighted by molar-refractivity contribution is 6.42. The molecule has 0 aliphatic carbocycles. The Hall–Kier alpha value is -2.71. The van der Waals surface area contributed by atoms with Crippen LogP contribution in [-0.2, 0) is 13.1 Å². The molecule has 152 valence electrons. The zero-order valence-electron chi connectivity index (χ0n) is 15.1. The third kappa shape index (κ3) is 4.18. The molecule has 0 atom stereocenters. The molecule has 1 aromatic carbocycles. The first kappa shape index (κ1) is 21.0. The van der Waals surface area contributed by atoms with Crippen LogP contribution in [0.3, 0.4) is 0 Å². The molecular formula is C19H15Cl2F2N3O3. The third-order valence-corrected chi connectivity index (χ3v) is 5.07. The maximum Gasteiger partial charge on any atom is 0.341 e. The smallest absolute Gasteiger partial charge is 0.341 e. The number of pyridine rings is 1. The van der Waals surface area contributed by atoms with Crippen molar-refractivity contribution in [1.82, 2.24) is 14.3 Å². The summed E-state index contributed by atoms with van der Waals surface area (Å²) in [4.78, 5) is 24.4. The van der Waals surface area contributed by atoms with E-state index in [1.54, 1.807) is 17.6 Å². The lowest BCUT2D eigenvalue weighted by atomic mass is 10.0. The van der Waals surface area contributed by atoms with E-state index in [4.69, 9.17) is 23.2 Å². The quantitative estimate of drug-likeness (QED) is 0.599. The number of aromatic carboxylic acids is 1. The molecule has 0 aliphatic rings. The van der Waals surface area contributed by atoms with Crippen LogP contribution < -0.4 is 5.43 Å². The molecule has 0 fully saturated rings. The molecule has 0 radical (unpaired) electrons. The average molecular weight is 442 g/mol. The molecule has 0 bridgehead atoms. The van der Waals surface area contributed by atoms with E-state index in [9.17, 15) is 23.5 Å². The van der Waals surface area contributed by atoms with Crippen molar-refractivity contribution in [1.29, 1.82) is 0 Å². The van der Waals surface area contributed by atoms with Gasteiger partial charge in [0.15, 0.2) is 5.43 Å². The topological polar surface area (TPSA) is 77.1 Å². The highest BCUT2D eigenvalue weighted by Crippen LogP contribution is 2.30. The highest BCUT2D eigenvalue weighted by atomic mass is 35.5. The van der Waals surface area contributed by atoms with Crippen molar-refractivity contribution in [2.24, 2.45) is 0 Å². The predicted octanol–water partition coefficient (Wildman–Crippen LogP) is 4.72. The summed E-state index contributed by atoms with van der Waals surface area (Å²) in [6.45, 7) is 2.09. The summed E-state index contributed by atoms with van der Waals surface area (Å²) in [5, 5.41) is 13.9. The van der Waals surface area contributed by atoms with Crippen molar-refractivity contribution in [2.45, 2.75) is 26.4 Å². The molecule has 0 saturated carbocycles. The number of carbonyl (C=O) groups is 1. The lowest BCUT2D eigenvalue weighted by Gasteiger charge is -2.20. The van der Waals surface area contributed by atoms with Crippen LogP contribution in [0, 0.1) is 0 Å². The first-order chi connectivity index (χ1) is 13.7. The van der Waals surface area contributed by atoms with Crippen LogP contribution in [0.25, 0.3) is 11.3 Å². The summed E-state index contributed by atoms with van der Waals surface area (Å²) in [6, 6.07) is 6.91. The van der Waals surface area contributed by atoms with E-state index < -0.39 is 23.4 Å². The minimum atomic E-state index is -2.72. The minimum absolute atomic E-state index is 0.00399. The number of alkyl halides is 2. The second-order valence-electron chi connectivity index (χ2n) is 6.14. The third-order valence-electron chi connectivity index (χ3n) is 4.33. The minimum Gasteiger partial charge on any atom is -0.477 e. The molecule has 6 nitrogen and oxygen atoms in total. The van der Waals surface area contributed by atoms with Crippen LogP contribution in [-0.4, -0.2) is 25.4 Å². The normalized spacial score (nSPS) is 11.2. The summed E-state index contributed by atoms with van der Waals surface area (Å²) >= 11 is 12.0. The lowest BCUT2D eigenvalue weighted by molar-refractivity contribution is 0.0695. The van der Waals surface area contributed by atoms with Crippen LogP contribution in [0.15, 0.2) is 41.3 Å². The number of halogens is 4. The standard InChI is InChI=1S/C19H15Cl2F2N3O3/c1-2-26-11(9-25-6-5-14(24-25)18(22)23)8-15(27)16(19(28)29)17(26)10-3-4-12(20)13(21)7-10/h3-8,18H,2,9H2,1H3,(H,28,29). The number of aromatic nitrogens is 3. The van der Waals surface area contributed by atoms with E-state index in [0.29, 0.717) is 17.8 Å². The Bertz CT molecular complexity index is 1140. The zero-order valence-corrected chi connectivity index (χ0v) is 16.6. The van der Waals surface area contributed by atoms with Gasteiger partial charge >= 0.3 is 5.97 Å². The number of nitrogens with zero attached hydrogens (tertiary/aromatic N) is 3. The van der Waals surface area contributed by atoms with Crippen LogP contribution in [0.2, 0.25) is 10.0 Å². The zero-order chi connectivity index (χ0) is 21.3. The second-order valence-corrected chi connectivity index (χ2v) is 6.96. The van der Waals surface area contributed by atoms with Gasteiger partial charge in [-0.1, -0.05) is 29.3 Å². The molecule has 3 rings (SSSR count). The second kappa shape index (κ2) is 8.34. The number of hydrogen-bond donors (Lipinski definition) is 1. The number of carboxylic acid groups (broad SMARTS) is 1. The van der Waals surface area contributed by atoms with Crippen molar-refractivity contribution >= 4 is 29.2 Å². The van der Waals surface area contributed by atoms with Crippen LogP contribution in [0.4, 0.5) is 8.78 Å². The van der Waals surface area contributed by atoms with Crippen molar-refractivity contribution in [2.75, 3.05) is 0 Å². The van der Waals surface area contributed by atoms with Gasteiger partial charge in [0.2, 0.25) is 0 Å². The number of hydrogen-bond acceptors (Lipinski definition) is 3. The Morgan fingerprint density at radius 2 is 1.93 bits per heavy atom. The summed E-state index contributed by atoms with van der Waals surface area (Å²) in [7, 11) is 0. The number of benzene rings is 1. The van der Waals surface area contributed by atoms with Gasteiger partial charge in [0.1, 0.15) is 11.3 Å². The molecule has 1 N–H and O–H groups in total. The molecule has 0 saturated heterocycles. The monoisotopic (exact) mass is 441 g/mol. The molecule has 0 spiro atoms. The molecule has 29 heavy (non-hydrogen) atoms. The van der Waals surface area contributed by atoms with Gasteiger partial charge in [0, 0.05) is 30.1 Å². The summed E-state index contributed by atoms with van der Waals surface area (Å²) in [6.07, 6.45) is -1.35. The van der Waals surface area contributed by atoms with Crippen LogP contribution >= 0.6 is 23.2 Å². The Balaban J connectivity index is 2.22. The van der Waals surface area contributed by atoms with E-state index in [-0.39, 0.29) is 28.0 Å². The van der Waals surface area contributed by atoms with Gasteiger partial charge in [-0.3, -0.25) is 9.48 Å². The van der Waals surface area contributed by atoms with E-state index >= 15 is 0 Å². The van der Waals surface area contributed by atoms with Crippen molar-refractivity contribution in [3.63, 3.8) is 0 Å². The Morgan fingerprint density at radius 3 is 2.48 bits per heavy atom. The summed E-state index contributed by atoms with van der Waals surface area (Å²) < 4.78 is 28.5. The van der Waals surface area contributed by atoms with Crippen molar-refractivity contribution in [3.8, 4) is 11.3 Å². The van der Waals surface area contributed by atoms with Gasteiger partial charge in [-0.05, 0) is 25.1 Å². The summed E-state index contributed by atoms with van der Waals surface area (Å²) in [5.74, 6) is -1.39. The number of rotatable bonds is 6. The molecule has 0 amide bonds. The predicted molar refractivity (Wildman–Crippen MR) is 105 cm³/mol. The molecule has 0 unspecified atom stereocenters. The molecular weight excluding hydrogens is 427 g/mol. The maximum atomic E-state index is 12.8. The van der Waals surface area contributed by atoms with Gasteiger partial charge in [-0.25, -0.2) is 13.6 Å². The van der Waals surface area contributed by atoms with E-state index in [1.165, 1.54) is 35.1 Å². The van der Waals surface area contributed by atoms with Crippen LogP contribution in [0.1, 0.15) is 35.1 Å². The summed E-state index contributed by atoms with van der Waals surface area (Å²) in [5.41, 5.74) is -0.550. The first-order valence-electron chi connectivity index (χ1n) is 8.49.